The highest BCUT2D eigenvalue weighted by Crippen LogP contribution is 2.25. The van der Waals surface area contributed by atoms with Gasteiger partial charge in [0.25, 0.3) is 5.91 Å². The number of hydrogen-bond donors (Lipinski definition) is 2. The Balaban J connectivity index is 1.39. The Bertz CT molecular complexity index is 1360. The molecule has 1 saturated heterocycles. The lowest BCUT2D eigenvalue weighted by Gasteiger charge is -2.31. The molecule has 35 heavy (non-hydrogen) atoms. The summed E-state index contributed by atoms with van der Waals surface area (Å²) in [7, 11) is -3.80. The van der Waals surface area contributed by atoms with E-state index in [1.165, 1.54) is 36.4 Å². The lowest BCUT2D eigenvalue weighted by molar-refractivity contribution is -0.121. The minimum Gasteiger partial charge on any atom is -0.338 e. The molecule has 3 aromatic rings. The van der Waals surface area contributed by atoms with Crippen LogP contribution in [0.15, 0.2) is 53.4 Å². The maximum atomic E-state index is 13.3. The molecular formula is C24H26FN5O4S. The second-order valence-corrected chi connectivity index (χ2v) is 10.1. The number of halogens is 1. The third kappa shape index (κ3) is 5.25. The Morgan fingerprint density at radius 2 is 1.63 bits per heavy atom. The molecule has 9 nitrogen and oxygen atoms in total. The first-order valence-electron chi connectivity index (χ1n) is 11.1. The number of aromatic nitrogens is 2. The first-order chi connectivity index (χ1) is 16.5. The van der Waals surface area contributed by atoms with Crippen molar-refractivity contribution in [3.8, 4) is 5.69 Å². The molecule has 0 aliphatic carbocycles. The van der Waals surface area contributed by atoms with E-state index in [0.29, 0.717) is 54.3 Å². The summed E-state index contributed by atoms with van der Waals surface area (Å²) >= 11 is 0. The van der Waals surface area contributed by atoms with Crippen molar-refractivity contribution in [3.05, 3.63) is 71.3 Å². The van der Waals surface area contributed by atoms with Gasteiger partial charge in [-0.2, -0.15) is 5.10 Å². The van der Waals surface area contributed by atoms with Gasteiger partial charge in [0.15, 0.2) is 0 Å². The molecule has 1 aliphatic rings. The average Bonchev–Trinajstić information content (AvgIpc) is 3.12. The lowest BCUT2D eigenvalue weighted by Crippen LogP contribution is -2.41. The van der Waals surface area contributed by atoms with Crippen LogP contribution in [0, 0.1) is 25.6 Å². The van der Waals surface area contributed by atoms with Gasteiger partial charge in [-0.15, -0.1) is 0 Å². The fourth-order valence-corrected chi connectivity index (χ4v) is 4.78. The van der Waals surface area contributed by atoms with Gasteiger partial charge in [-0.3, -0.25) is 9.59 Å². The number of hydrogen-bond acceptors (Lipinski definition) is 5. The molecule has 1 aromatic heterocycles. The summed E-state index contributed by atoms with van der Waals surface area (Å²) in [5.41, 5.74) is 2.90. The number of anilines is 1. The molecule has 0 unspecified atom stereocenters. The Hall–Kier alpha value is -3.57. The fourth-order valence-electron chi connectivity index (χ4n) is 4.26. The third-order valence-electron chi connectivity index (χ3n) is 6.18. The van der Waals surface area contributed by atoms with Crippen molar-refractivity contribution >= 4 is 27.5 Å². The normalized spacial score (nSPS) is 14.7. The predicted molar refractivity (Wildman–Crippen MR) is 128 cm³/mol. The molecular weight excluding hydrogens is 473 g/mol. The van der Waals surface area contributed by atoms with Crippen molar-refractivity contribution in [3.63, 3.8) is 0 Å². The number of piperidine rings is 1. The van der Waals surface area contributed by atoms with Gasteiger partial charge >= 0.3 is 0 Å². The zero-order valence-corrected chi connectivity index (χ0v) is 20.2. The van der Waals surface area contributed by atoms with E-state index in [1.54, 1.807) is 35.6 Å². The number of rotatable bonds is 5. The van der Waals surface area contributed by atoms with Gasteiger partial charge in [0.2, 0.25) is 15.9 Å². The van der Waals surface area contributed by atoms with E-state index in [9.17, 15) is 22.4 Å². The zero-order valence-electron chi connectivity index (χ0n) is 19.4. The smallest absolute Gasteiger partial charge is 0.257 e. The summed E-state index contributed by atoms with van der Waals surface area (Å²) in [6.07, 6.45) is 0.994. The van der Waals surface area contributed by atoms with Crippen LogP contribution in [0.5, 0.6) is 0 Å². The molecule has 11 heteroatoms. The number of nitrogens with two attached hydrogens (primary N) is 1. The van der Waals surface area contributed by atoms with Crippen LogP contribution >= 0.6 is 0 Å². The van der Waals surface area contributed by atoms with Crippen LogP contribution in [0.1, 0.15) is 34.6 Å². The van der Waals surface area contributed by atoms with Gasteiger partial charge in [-0.05, 0) is 75.2 Å². The second-order valence-electron chi connectivity index (χ2n) is 8.56. The summed E-state index contributed by atoms with van der Waals surface area (Å²) in [4.78, 5) is 27.7. The number of sulfonamides is 1. The molecule has 1 aliphatic heterocycles. The van der Waals surface area contributed by atoms with Gasteiger partial charge in [0, 0.05) is 24.7 Å². The van der Waals surface area contributed by atoms with Crippen molar-refractivity contribution in [1.29, 1.82) is 0 Å². The monoisotopic (exact) mass is 499 g/mol. The highest BCUT2D eigenvalue weighted by Gasteiger charge is 2.30. The van der Waals surface area contributed by atoms with E-state index >= 15 is 0 Å². The van der Waals surface area contributed by atoms with Crippen molar-refractivity contribution in [2.24, 2.45) is 11.1 Å². The number of benzene rings is 2. The fraction of sp³-hybridized carbons (Fsp3) is 0.292. The Morgan fingerprint density at radius 1 is 1.03 bits per heavy atom. The molecule has 2 amide bonds. The van der Waals surface area contributed by atoms with E-state index in [0.717, 1.165) is 0 Å². The standard InChI is InChI=1S/C24H26FN5O4S/c1-15-22(16(2)30(28-15)20-7-3-18(25)4-8-20)24(32)29-13-11-17(12-14-29)23(31)27-19-5-9-21(10-6-19)35(26,33)34/h3-10,17H,11-14H2,1-2H3,(H,27,31)(H2,26,33,34). The van der Waals surface area contributed by atoms with Crippen molar-refractivity contribution in [2.45, 2.75) is 31.6 Å². The van der Waals surface area contributed by atoms with E-state index in [4.69, 9.17) is 5.14 Å². The molecule has 2 heterocycles. The third-order valence-corrected chi connectivity index (χ3v) is 7.11. The predicted octanol–water partition coefficient (Wildman–Crippen LogP) is 2.77. The Morgan fingerprint density at radius 3 is 2.20 bits per heavy atom. The van der Waals surface area contributed by atoms with Gasteiger partial charge in [0.05, 0.1) is 27.5 Å². The van der Waals surface area contributed by atoms with Crippen LogP contribution < -0.4 is 10.5 Å². The van der Waals surface area contributed by atoms with Crippen LogP contribution in [0.4, 0.5) is 10.1 Å². The molecule has 0 saturated carbocycles. The maximum absolute atomic E-state index is 13.3. The molecule has 3 N–H and O–H groups in total. The summed E-state index contributed by atoms with van der Waals surface area (Å²) < 4.78 is 37.6. The number of likely N-dealkylation sites (tertiary alicyclic amines) is 1. The first-order valence-corrected chi connectivity index (χ1v) is 12.6. The zero-order chi connectivity index (χ0) is 25.3. The van der Waals surface area contributed by atoms with Crippen LogP contribution in [0.25, 0.3) is 5.69 Å². The van der Waals surface area contributed by atoms with Gasteiger partial charge in [-0.25, -0.2) is 22.6 Å². The van der Waals surface area contributed by atoms with Crippen LogP contribution in [0.3, 0.4) is 0 Å². The van der Waals surface area contributed by atoms with E-state index in [2.05, 4.69) is 10.4 Å². The summed E-state index contributed by atoms with van der Waals surface area (Å²) in [5.74, 6) is -0.956. The van der Waals surface area contributed by atoms with Crippen molar-refractivity contribution in [1.82, 2.24) is 14.7 Å². The summed E-state index contributed by atoms with van der Waals surface area (Å²) in [5, 5.41) is 12.4. The lowest BCUT2D eigenvalue weighted by atomic mass is 9.95. The number of carbonyl (C=O) groups is 2. The largest absolute Gasteiger partial charge is 0.338 e. The highest BCUT2D eigenvalue weighted by molar-refractivity contribution is 7.89. The average molecular weight is 500 g/mol. The van der Waals surface area contributed by atoms with E-state index in [-0.39, 0.29) is 28.4 Å². The molecule has 0 radical (unpaired) electrons. The molecule has 4 rings (SSSR count). The summed E-state index contributed by atoms with van der Waals surface area (Å²) in [6.45, 7) is 4.41. The van der Waals surface area contributed by atoms with Gasteiger partial charge < -0.3 is 10.2 Å². The Kier molecular flexibility index (Phi) is 6.73. The van der Waals surface area contributed by atoms with E-state index < -0.39 is 10.0 Å². The molecule has 0 atom stereocenters. The second kappa shape index (κ2) is 9.59. The van der Waals surface area contributed by atoms with Crippen molar-refractivity contribution < 1.29 is 22.4 Å². The number of nitrogens with one attached hydrogen (secondary N) is 1. The first kappa shape index (κ1) is 24.6. The Labute approximate surface area is 202 Å². The molecule has 184 valence electrons. The quantitative estimate of drug-likeness (QED) is 0.558. The number of carbonyl (C=O) groups excluding carboxylic acids is 2. The number of nitrogens with zero attached hydrogens (tertiary/aromatic N) is 3. The van der Waals surface area contributed by atoms with Gasteiger partial charge in [-0.1, -0.05) is 0 Å². The van der Waals surface area contributed by atoms with Crippen molar-refractivity contribution in [2.75, 3.05) is 18.4 Å². The molecule has 2 aromatic carbocycles. The summed E-state index contributed by atoms with van der Waals surface area (Å²) in [6, 6.07) is 11.5. The molecule has 0 bridgehead atoms. The SMILES string of the molecule is Cc1nn(-c2ccc(F)cc2)c(C)c1C(=O)N1CCC(C(=O)Nc2ccc(S(N)(=O)=O)cc2)CC1. The topological polar surface area (TPSA) is 127 Å². The van der Waals surface area contributed by atoms with Crippen LogP contribution in [-0.4, -0.2) is 48.0 Å². The van der Waals surface area contributed by atoms with Gasteiger partial charge in [0.1, 0.15) is 5.82 Å². The molecule has 0 spiro atoms. The maximum Gasteiger partial charge on any atom is 0.257 e. The number of amides is 2. The van der Waals surface area contributed by atoms with Crippen LogP contribution in [-0.2, 0) is 14.8 Å². The highest BCUT2D eigenvalue weighted by atomic mass is 32.2. The minimum absolute atomic E-state index is 0.0318. The number of aryl methyl sites for hydroxylation is 1. The minimum atomic E-state index is -3.80. The van der Waals surface area contributed by atoms with E-state index in [1.807, 2.05) is 0 Å². The molecule has 1 fully saturated rings. The number of primary sulfonamides is 1. The van der Waals surface area contributed by atoms with Crippen LogP contribution in [0.2, 0.25) is 0 Å².